The molecule has 0 spiro atoms. The fraction of sp³-hybridized carbons (Fsp3) is 0.267. The van der Waals surface area contributed by atoms with Crippen molar-refractivity contribution >= 4 is 0 Å². The van der Waals surface area contributed by atoms with Crippen molar-refractivity contribution in [2.75, 3.05) is 0 Å². The first-order valence-electron chi connectivity index (χ1n) is 5.87. The third-order valence-electron chi connectivity index (χ3n) is 2.70. The fourth-order valence-electron chi connectivity index (χ4n) is 1.59. The minimum atomic E-state index is 0.559. The zero-order valence-electron chi connectivity index (χ0n) is 10.3. The van der Waals surface area contributed by atoms with E-state index in [1.54, 1.807) is 12.4 Å². The van der Waals surface area contributed by atoms with Crippen LogP contribution in [-0.2, 0) is 6.61 Å². The Balaban J connectivity index is 1.96. The molecule has 0 saturated heterocycles. The molecular formula is C15H17NO. The molecule has 0 aliphatic heterocycles. The van der Waals surface area contributed by atoms with Gasteiger partial charge in [0.15, 0.2) is 0 Å². The molecule has 0 aliphatic carbocycles. The predicted octanol–water partition coefficient (Wildman–Crippen LogP) is 3.78. The molecule has 88 valence electrons. The van der Waals surface area contributed by atoms with E-state index >= 15 is 0 Å². The number of nitrogens with zero attached hydrogens (tertiary/aromatic N) is 1. The average molecular weight is 227 g/mol. The van der Waals surface area contributed by atoms with Crippen LogP contribution in [0.1, 0.15) is 30.9 Å². The Hall–Kier alpha value is -1.83. The first-order valence-corrected chi connectivity index (χ1v) is 5.87. The monoisotopic (exact) mass is 227 g/mol. The topological polar surface area (TPSA) is 22.1 Å². The van der Waals surface area contributed by atoms with Gasteiger partial charge in [-0.2, -0.15) is 0 Å². The summed E-state index contributed by atoms with van der Waals surface area (Å²) in [5.41, 5.74) is 2.47. The van der Waals surface area contributed by atoms with Gasteiger partial charge in [0.1, 0.15) is 12.4 Å². The van der Waals surface area contributed by atoms with Gasteiger partial charge >= 0.3 is 0 Å². The van der Waals surface area contributed by atoms with Crippen molar-refractivity contribution in [1.82, 2.24) is 4.98 Å². The van der Waals surface area contributed by atoms with Gasteiger partial charge in [0.05, 0.1) is 0 Å². The molecule has 0 radical (unpaired) electrons. The maximum atomic E-state index is 5.70. The van der Waals surface area contributed by atoms with E-state index in [1.807, 2.05) is 24.3 Å². The van der Waals surface area contributed by atoms with Crippen molar-refractivity contribution in [3.63, 3.8) is 0 Å². The first kappa shape index (κ1) is 11.6. The molecule has 2 aromatic rings. The molecule has 0 fully saturated rings. The summed E-state index contributed by atoms with van der Waals surface area (Å²) in [6.45, 7) is 4.96. The normalized spacial score (nSPS) is 10.5. The first-order chi connectivity index (χ1) is 8.25. The average Bonchev–Trinajstić information content (AvgIpc) is 2.38. The van der Waals surface area contributed by atoms with E-state index in [-0.39, 0.29) is 0 Å². The standard InChI is InChI=1S/C15H17NO/c1-12(2)14-3-5-15(6-4-14)17-11-13-7-9-16-10-8-13/h3-10,12H,11H2,1-2H3. The highest BCUT2D eigenvalue weighted by molar-refractivity contribution is 5.29. The highest BCUT2D eigenvalue weighted by Gasteiger charge is 1.99. The number of hydrogen-bond acceptors (Lipinski definition) is 2. The van der Waals surface area contributed by atoms with Gasteiger partial charge in [-0.05, 0) is 41.3 Å². The summed E-state index contributed by atoms with van der Waals surface area (Å²) in [6, 6.07) is 12.2. The highest BCUT2D eigenvalue weighted by atomic mass is 16.5. The van der Waals surface area contributed by atoms with Crippen LogP contribution in [0.3, 0.4) is 0 Å². The Morgan fingerprint density at radius 2 is 1.65 bits per heavy atom. The van der Waals surface area contributed by atoms with Crippen LogP contribution >= 0.6 is 0 Å². The van der Waals surface area contributed by atoms with Gasteiger partial charge in [0.2, 0.25) is 0 Å². The number of benzene rings is 1. The molecule has 0 bridgehead atoms. The summed E-state index contributed by atoms with van der Waals surface area (Å²) in [7, 11) is 0. The molecule has 1 aromatic carbocycles. The van der Waals surface area contributed by atoms with E-state index in [0.717, 1.165) is 11.3 Å². The molecule has 0 atom stereocenters. The van der Waals surface area contributed by atoms with Crippen molar-refractivity contribution in [3.8, 4) is 5.75 Å². The Kier molecular flexibility index (Phi) is 3.76. The molecule has 1 heterocycles. The smallest absolute Gasteiger partial charge is 0.119 e. The number of ether oxygens (including phenoxy) is 1. The Labute approximate surface area is 102 Å². The van der Waals surface area contributed by atoms with Crippen LogP contribution in [0.2, 0.25) is 0 Å². The van der Waals surface area contributed by atoms with Gasteiger partial charge in [-0.3, -0.25) is 4.98 Å². The maximum absolute atomic E-state index is 5.70. The van der Waals surface area contributed by atoms with Crippen LogP contribution in [0.5, 0.6) is 5.75 Å². The maximum Gasteiger partial charge on any atom is 0.119 e. The second-order valence-electron chi connectivity index (χ2n) is 4.37. The summed E-state index contributed by atoms with van der Waals surface area (Å²) < 4.78 is 5.70. The number of aromatic nitrogens is 1. The lowest BCUT2D eigenvalue weighted by Crippen LogP contribution is -1.95. The van der Waals surface area contributed by atoms with E-state index < -0.39 is 0 Å². The lowest BCUT2D eigenvalue weighted by Gasteiger charge is -2.08. The van der Waals surface area contributed by atoms with Crippen molar-refractivity contribution < 1.29 is 4.74 Å². The van der Waals surface area contributed by atoms with Gasteiger partial charge in [0, 0.05) is 12.4 Å². The molecule has 1 aromatic heterocycles. The lowest BCUT2D eigenvalue weighted by molar-refractivity contribution is 0.306. The van der Waals surface area contributed by atoms with Crippen LogP contribution in [0.4, 0.5) is 0 Å². The molecule has 0 aliphatic rings. The van der Waals surface area contributed by atoms with Crippen molar-refractivity contribution in [2.45, 2.75) is 26.4 Å². The van der Waals surface area contributed by atoms with E-state index in [4.69, 9.17) is 4.74 Å². The Bertz CT molecular complexity index is 448. The SMILES string of the molecule is CC(C)c1ccc(OCc2ccncc2)cc1. The minimum absolute atomic E-state index is 0.559. The molecular weight excluding hydrogens is 210 g/mol. The van der Waals surface area contributed by atoms with Crippen LogP contribution in [0.15, 0.2) is 48.8 Å². The number of rotatable bonds is 4. The second kappa shape index (κ2) is 5.48. The summed E-state index contributed by atoms with van der Waals surface area (Å²) in [6.07, 6.45) is 3.56. The van der Waals surface area contributed by atoms with E-state index in [2.05, 4.69) is 31.0 Å². The predicted molar refractivity (Wildman–Crippen MR) is 69.1 cm³/mol. The molecule has 2 nitrogen and oxygen atoms in total. The van der Waals surface area contributed by atoms with Gasteiger partial charge in [-0.25, -0.2) is 0 Å². The summed E-state index contributed by atoms with van der Waals surface area (Å²) in [5.74, 6) is 1.47. The third kappa shape index (κ3) is 3.31. The molecule has 2 rings (SSSR count). The van der Waals surface area contributed by atoms with Gasteiger partial charge < -0.3 is 4.74 Å². The molecule has 2 heteroatoms. The van der Waals surface area contributed by atoms with Crippen LogP contribution in [0.25, 0.3) is 0 Å². The number of pyridine rings is 1. The zero-order chi connectivity index (χ0) is 12.1. The molecule has 0 unspecified atom stereocenters. The largest absolute Gasteiger partial charge is 0.489 e. The van der Waals surface area contributed by atoms with Gasteiger partial charge in [-0.15, -0.1) is 0 Å². The lowest BCUT2D eigenvalue weighted by atomic mass is 10.0. The molecule has 17 heavy (non-hydrogen) atoms. The Morgan fingerprint density at radius 3 is 2.24 bits per heavy atom. The summed E-state index contributed by atoms with van der Waals surface area (Å²) >= 11 is 0. The zero-order valence-corrected chi connectivity index (χ0v) is 10.3. The van der Waals surface area contributed by atoms with Gasteiger partial charge in [-0.1, -0.05) is 26.0 Å². The third-order valence-corrected chi connectivity index (χ3v) is 2.70. The van der Waals surface area contributed by atoms with Crippen molar-refractivity contribution in [3.05, 3.63) is 59.9 Å². The van der Waals surface area contributed by atoms with E-state index in [0.29, 0.717) is 12.5 Å². The molecule has 0 amide bonds. The van der Waals surface area contributed by atoms with E-state index in [9.17, 15) is 0 Å². The molecule has 0 N–H and O–H groups in total. The quantitative estimate of drug-likeness (QED) is 0.793. The Morgan fingerprint density at radius 1 is 1.00 bits per heavy atom. The van der Waals surface area contributed by atoms with Crippen molar-refractivity contribution in [1.29, 1.82) is 0 Å². The minimum Gasteiger partial charge on any atom is -0.489 e. The van der Waals surface area contributed by atoms with Crippen LogP contribution in [0, 0.1) is 0 Å². The number of hydrogen-bond donors (Lipinski definition) is 0. The summed E-state index contributed by atoms with van der Waals surface area (Å²) in [5, 5.41) is 0. The fourth-order valence-corrected chi connectivity index (χ4v) is 1.59. The van der Waals surface area contributed by atoms with Crippen LogP contribution in [-0.4, -0.2) is 4.98 Å². The molecule has 0 saturated carbocycles. The second-order valence-corrected chi connectivity index (χ2v) is 4.37. The highest BCUT2D eigenvalue weighted by Crippen LogP contribution is 2.19. The van der Waals surface area contributed by atoms with Crippen molar-refractivity contribution in [2.24, 2.45) is 0 Å². The van der Waals surface area contributed by atoms with Crippen LogP contribution < -0.4 is 4.74 Å². The van der Waals surface area contributed by atoms with E-state index in [1.165, 1.54) is 5.56 Å². The van der Waals surface area contributed by atoms with Gasteiger partial charge in [0.25, 0.3) is 0 Å². The summed E-state index contributed by atoms with van der Waals surface area (Å²) in [4.78, 5) is 3.98.